The summed E-state index contributed by atoms with van der Waals surface area (Å²) in [5.41, 5.74) is 2.84. The maximum atomic E-state index is 14.9. The number of ether oxygens (including phenoxy) is 5. The molecule has 2 N–H and O–H groups in total. The minimum absolute atomic E-state index is 0.00506. The molecule has 2 aliphatic carbocycles. The summed E-state index contributed by atoms with van der Waals surface area (Å²) in [6.07, 6.45) is 7.73. The minimum atomic E-state index is -1.67. The van der Waals surface area contributed by atoms with Gasteiger partial charge in [-0.05, 0) is 116 Å². The van der Waals surface area contributed by atoms with Gasteiger partial charge < -0.3 is 38.7 Å². The Hall–Kier alpha value is -6.62. The highest BCUT2D eigenvalue weighted by molar-refractivity contribution is 6.03. The van der Waals surface area contributed by atoms with Gasteiger partial charge in [-0.3, -0.25) is 19.8 Å². The Morgan fingerprint density at radius 2 is 1.69 bits per heavy atom. The van der Waals surface area contributed by atoms with E-state index in [2.05, 4.69) is 12.7 Å². The second kappa shape index (κ2) is 22.2. The summed E-state index contributed by atoms with van der Waals surface area (Å²) in [6.45, 7) is 5.98. The predicted octanol–water partition coefficient (Wildman–Crippen LogP) is 9.70. The van der Waals surface area contributed by atoms with Crippen LogP contribution in [-0.2, 0) is 16.1 Å². The van der Waals surface area contributed by atoms with Crippen LogP contribution in [0, 0.1) is 33.7 Å². The maximum Gasteiger partial charge on any atom is 0.416 e. The second-order valence-corrected chi connectivity index (χ2v) is 16.7. The van der Waals surface area contributed by atoms with Gasteiger partial charge in [0.05, 0.1) is 35.8 Å². The molecule has 1 aliphatic heterocycles. The summed E-state index contributed by atoms with van der Waals surface area (Å²) in [5, 5.41) is 36.1. The monoisotopic (exact) mass is 921 g/mol. The average Bonchev–Trinajstić information content (AvgIpc) is 3.33. The first kappa shape index (κ1) is 48.3. The molecule has 67 heavy (non-hydrogen) atoms. The van der Waals surface area contributed by atoms with Crippen molar-refractivity contribution in [3.8, 4) is 28.7 Å². The number of halogens is 1. The standard InChI is InChI=1S/C51H56FN3O12/c1-4-26-63-51-47(54(31-33-12-14-36(52)15-13-33)50(59)66-38-18-16-37(17-19-38)55(60)61)30-44(53-64-5-2)42-28-34(10-6-8-24-56)41(11-7-9-25-57)48(49(42)51)43-29-40(21-23-46(43)67-51)65-39-20-22-45(62-3)35(27-39)32-58/h4,12-23,27-29,32,34,41,47-49,56-57H,1,5-11,24-26,30-31H2,2-3H3/t34-,41+,47-,48+,49+,51+/m0/s1. The van der Waals surface area contributed by atoms with E-state index in [9.17, 15) is 34.3 Å². The van der Waals surface area contributed by atoms with Crippen LogP contribution in [0.4, 0.5) is 14.9 Å². The van der Waals surface area contributed by atoms with Crippen molar-refractivity contribution in [2.45, 2.75) is 76.2 Å². The van der Waals surface area contributed by atoms with Crippen molar-refractivity contribution >= 4 is 23.8 Å². The summed E-state index contributed by atoms with van der Waals surface area (Å²) >= 11 is 0. The van der Waals surface area contributed by atoms with E-state index in [4.69, 9.17) is 33.7 Å². The first-order chi connectivity index (χ1) is 32.6. The number of hydrogen-bond acceptors (Lipinski definition) is 13. The van der Waals surface area contributed by atoms with Crippen LogP contribution in [-0.4, -0.2) is 83.5 Å². The van der Waals surface area contributed by atoms with Crippen LogP contribution in [0.2, 0.25) is 0 Å². The Balaban J connectivity index is 1.45. The lowest BCUT2D eigenvalue weighted by atomic mass is 9.55. The Kier molecular flexibility index (Phi) is 16.0. The molecular formula is C51H56FN3O12. The zero-order chi connectivity index (χ0) is 47.5. The molecule has 4 aromatic carbocycles. The number of methoxy groups -OCH3 is 1. The summed E-state index contributed by atoms with van der Waals surface area (Å²) < 4.78 is 46.5. The zero-order valence-electron chi connectivity index (χ0n) is 37.6. The molecule has 7 rings (SSSR count). The minimum Gasteiger partial charge on any atom is -0.496 e. The van der Waals surface area contributed by atoms with E-state index in [-0.39, 0.29) is 62.7 Å². The molecule has 0 saturated heterocycles. The third kappa shape index (κ3) is 10.7. The van der Waals surface area contributed by atoms with Crippen LogP contribution in [0.3, 0.4) is 0 Å². The molecule has 15 nitrogen and oxygen atoms in total. The van der Waals surface area contributed by atoms with Gasteiger partial charge in [-0.15, -0.1) is 6.58 Å². The van der Waals surface area contributed by atoms with E-state index in [1.807, 2.05) is 13.0 Å². The highest BCUT2D eigenvalue weighted by Crippen LogP contribution is 2.62. The van der Waals surface area contributed by atoms with E-state index in [0.29, 0.717) is 71.8 Å². The van der Waals surface area contributed by atoms with E-state index in [1.165, 1.54) is 48.4 Å². The molecule has 354 valence electrons. The van der Waals surface area contributed by atoms with Crippen molar-refractivity contribution in [1.29, 1.82) is 0 Å². The number of amides is 1. The van der Waals surface area contributed by atoms with Crippen molar-refractivity contribution in [2.75, 3.05) is 33.5 Å². The van der Waals surface area contributed by atoms with Crippen molar-refractivity contribution in [3.05, 3.63) is 142 Å². The molecule has 1 fully saturated rings. The third-order valence-corrected chi connectivity index (χ3v) is 12.6. The lowest BCUT2D eigenvalue weighted by Gasteiger charge is -2.59. The maximum absolute atomic E-state index is 14.9. The van der Waals surface area contributed by atoms with E-state index >= 15 is 0 Å². The van der Waals surface area contributed by atoms with Gasteiger partial charge in [0.25, 0.3) is 5.69 Å². The highest BCUT2D eigenvalue weighted by Gasteiger charge is 2.65. The fourth-order valence-electron chi connectivity index (χ4n) is 9.74. The van der Waals surface area contributed by atoms with Crippen molar-refractivity contribution in [2.24, 2.45) is 22.9 Å². The number of nitro benzene ring substituents is 1. The Morgan fingerprint density at radius 1 is 0.985 bits per heavy atom. The number of carbonyl (C=O) groups is 2. The molecule has 0 spiro atoms. The van der Waals surface area contributed by atoms with E-state index in [1.54, 1.807) is 48.5 Å². The molecule has 1 amide bonds. The number of unbranched alkanes of at least 4 members (excludes halogenated alkanes) is 2. The molecular weight excluding hydrogens is 866 g/mol. The number of non-ortho nitro benzene ring substituents is 1. The number of nitro groups is 1. The Labute approximate surface area is 388 Å². The number of allylic oxidation sites excluding steroid dienone is 1. The molecule has 0 unspecified atom stereocenters. The lowest BCUT2D eigenvalue weighted by molar-refractivity contribution is -0.384. The van der Waals surface area contributed by atoms with Gasteiger partial charge in [0.2, 0.25) is 5.79 Å². The van der Waals surface area contributed by atoms with Gasteiger partial charge >= 0.3 is 6.09 Å². The average molecular weight is 922 g/mol. The second-order valence-electron chi connectivity index (χ2n) is 16.7. The quantitative estimate of drug-likeness (QED) is 0.0250. The van der Waals surface area contributed by atoms with Gasteiger partial charge in [0.15, 0.2) is 6.29 Å². The number of hydrogen-bond donors (Lipinski definition) is 2. The predicted molar refractivity (Wildman–Crippen MR) is 246 cm³/mol. The molecule has 3 aliphatic rings. The molecule has 1 saturated carbocycles. The Bertz CT molecular complexity index is 2440. The lowest BCUT2D eigenvalue weighted by Crippen LogP contribution is -2.70. The highest BCUT2D eigenvalue weighted by atomic mass is 19.1. The molecule has 0 radical (unpaired) electrons. The number of benzene rings is 4. The number of aliphatic hydroxyl groups is 2. The summed E-state index contributed by atoms with van der Waals surface area (Å²) in [4.78, 5) is 45.2. The number of rotatable bonds is 22. The van der Waals surface area contributed by atoms with Crippen LogP contribution in [0.15, 0.2) is 114 Å². The number of fused-ring (bicyclic) bond motifs is 2. The smallest absolute Gasteiger partial charge is 0.416 e. The summed E-state index contributed by atoms with van der Waals surface area (Å²) in [5.74, 6) is -1.58. The van der Waals surface area contributed by atoms with E-state index < -0.39 is 40.5 Å². The third-order valence-electron chi connectivity index (χ3n) is 12.6. The van der Waals surface area contributed by atoms with Gasteiger partial charge in [-0.2, -0.15) is 0 Å². The topological polar surface area (TPSA) is 189 Å². The number of nitrogens with zero attached hydrogens (tertiary/aromatic N) is 3. The molecule has 4 aromatic rings. The molecule has 0 bridgehead atoms. The number of aldehydes is 1. The Morgan fingerprint density at radius 3 is 2.36 bits per heavy atom. The SMILES string of the molecule is C=CCO[C@@]12Oc3ccc(Oc4ccc(OC)c(C=O)c4)cc3[C@H]3[C@H](CCCCO)[C@@H](CCCCO)C=C(C(=NOCC)C[C@@H]1N(Cc1ccc(F)cc1)C(=O)Oc1ccc([N+](=O)[O-])cc1)[C@H]32. The van der Waals surface area contributed by atoms with Crippen molar-refractivity contribution in [3.63, 3.8) is 0 Å². The van der Waals surface area contributed by atoms with Gasteiger partial charge in [-0.1, -0.05) is 42.3 Å². The van der Waals surface area contributed by atoms with Crippen LogP contribution in [0.25, 0.3) is 0 Å². The van der Waals surface area contributed by atoms with Crippen LogP contribution < -0.4 is 18.9 Å². The van der Waals surface area contributed by atoms with Crippen molar-refractivity contribution < 1.29 is 57.6 Å². The van der Waals surface area contributed by atoms with Crippen molar-refractivity contribution in [1.82, 2.24) is 4.90 Å². The van der Waals surface area contributed by atoms with Crippen LogP contribution in [0.5, 0.6) is 28.7 Å². The molecule has 16 heteroatoms. The fourth-order valence-corrected chi connectivity index (χ4v) is 9.74. The fraction of sp³-hybridized carbons (Fsp3) is 0.392. The molecule has 0 aromatic heterocycles. The first-order valence-corrected chi connectivity index (χ1v) is 22.6. The largest absolute Gasteiger partial charge is 0.496 e. The summed E-state index contributed by atoms with van der Waals surface area (Å²) in [6, 6.07) is 20.3. The van der Waals surface area contributed by atoms with Crippen LogP contribution >= 0.6 is 0 Å². The number of oxime groups is 1. The molecule has 1 heterocycles. The number of carbonyl (C=O) groups excluding carboxylic acids is 2. The van der Waals surface area contributed by atoms with E-state index in [0.717, 1.165) is 24.0 Å². The first-order valence-electron chi connectivity index (χ1n) is 22.6. The zero-order valence-corrected chi connectivity index (χ0v) is 37.6. The van der Waals surface area contributed by atoms with Gasteiger partial charge in [0.1, 0.15) is 47.2 Å². The van der Waals surface area contributed by atoms with Gasteiger partial charge in [-0.25, -0.2) is 9.18 Å². The number of aliphatic hydroxyl groups excluding tert-OH is 2. The molecule has 6 atom stereocenters. The normalized spacial score (nSPS) is 22.0. The van der Waals surface area contributed by atoms with Crippen LogP contribution in [0.1, 0.15) is 79.3 Å². The summed E-state index contributed by atoms with van der Waals surface area (Å²) in [7, 11) is 1.48. The van der Waals surface area contributed by atoms with Gasteiger partial charge in [0, 0.05) is 49.8 Å².